The van der Waals surface area contributed by atoms with Gasteiger partial charge >= 0.3 is 0 Å². The average Bonchev–Trinajstić information content (AvgIpc) is 3.30. The van der Waals surface area contributed by atoms with Crippen LogP contribution >= 0.6 is 0 Å². The fraction of sp³-hybridized carbons (Fsp3) is 0.471. The zero-order valence-electron chi connectivity index (χ0n) is 12.8. The molecular formula is C17H22N4. The first-order chi connectivity index (χ1) is 10.2. The van der Waals surface area contributed by atoms with E-state index in [-0.39, 0.29) is 0 Å². The molecule has 1 N–H and O–H groups in total. The van der Waals surface area contributed by atoms with Crippen LogP contribution in [-0.2, 0) is 6.42 Å². The van der Waals surface area contributed by atoms with Gasteiger partial charge in [0.05, 0.1) is 0 Å². The molecule has 0 atom stereocenters. The lowest BCUT2D eigenvalue weighted by atomic mass is 10.1. The third kappa shape index (κ3) is 3.64. The molecule has 1 aliphatic carbocycles. The lowest BCUT2D eigenvalue weighted by molar-refractivity contribution is 0.642. The Hall–Kier alpha value is -1.81. The second-order valence-corrected chi connectivity index (χ2v) is 5.77. The number of aryl methyl sites for hydroxylation is 2. The Kier molecular flexibility index (Phi) is 4.25. The van der Waals surface area contributed by atoms with Gasteiger partial charge in [0.15, 0.2) is 5.82 Å². The molecule has 0 spiro atoms. The van der Waals surface area contributed by atoms with Gasteiger partial charge in [-0.1, -0.05) is 0 Å². The van der Waals surface area contributed by atoms with Crippen LogP contribution in [0.2, 0.25) is 0 Å². The van der Waals surface area contributed by atoms with Crippen LogP contribution in [0.3, 0.4) is 0 Å². The molecule has 0 unspecified atom stereocenters. The SMILES string of the molecule is Cc1nc(-c2cccnc2)nc(C)c1CCCNC1CC1. The van der Waals surface area contributed by atoms with Crippen LogP contribution in [0.25, 0.3) is 11.4 Å². The summed E-state index contributed by atoms with van der Waals surface area (Å²) >= 11 is 0. The van der Waals surface area contributed by atoms with Crippen molar-refractivity contribution in [3.05, 3.63) is 41.5 Å². The van der Waals surface area contributed by atoms with Gasteiger partial charge in [-0.15, -0.1) is 0 Å². The second-order valence-electron chi connectivity index (χ2n) is 5.77. The van der Waals surface area contributed by atoms with Crippen LogP contribution in [0.5, 0.6) is 0 Å². The van der Waals surface area contributed by atoms with Crippen molar-refractivity contribution >= 4 is 0 Å². The molecule has 0 aliphatic heterocycles. The van der Waals surface area contributed by atoms with Crippen molar-refractivity contribution in [1.29, 1.82) is 0 Å². The van der Waals surface area contributed by atoms with Crippen molar-refractivity contribution in [2.45, 2.75) is 45.6 Å². The number of rotatable bonds is 6. The van der Waals surface area contributed by atoms with Crippen molar-refractivity contribution in [1.82, 2.24) is 20.3 Å². The predicted molar refractivity (Wildman–Crippen MR) is 84.1 cm³/mol. The molecule has 2 aromatic heterocycles. The standard InChI is InChI=1S/C17H22N4/c1-12-16(6-4-10-19-15-7-8-15)13(2)21-17(20-12)14-5-3-9-18-11-14/h3,5,9,11,15,19H,4,6-8,10H2,1-2H3. The maximum Gasteiger partial charge on any atom is 0.161 e. The summed E-state index contributed by atoms with van der Waals surface area (Å²) in [4.78, 5) is 13.5. The number of aromatic nitrogens is 3. The van der Waals surface area contributed by atoms with Crippen molar-refractivity contribution < 1.29 is 0 Å². The van der Waals surface area contributed by atoms with E-state index in [2.05, 4.69) is 34.1 Å². The summed E-state index contributed by atoms with van der Waals surface area (Å²) in [6, 6.07) is 4.71. The first kappa shape index (κ1) is 14.1. The summed E-state index contributed by atoms with van der Waals surface area (Å²) in [5.41, 5.74) is 4.45. The van der Waals surface area contributed by atoms with Crippen LogP contribution in [0.1, 0.15) is 36.2 Å². The molecule has 21 heavy (non-hydrogen) atoms. The van der Waals surface area contributed by atoms with E-state index in [1.165, 1.54) is 18.4 Å². The fourth-order valence-corrected chi connectivity index (χ4v) is 2.58. The average molecular weight is 282 g/mol. The first-order valence-corrected chi connectivity index (χ1v) is 7.72. The van der Waals surface area contributed by atoms with Gasteiger partial charge < -0.3 is 5.32 Å². The number of pyridine rings is 1. The van der Waals surface area contributed by atoms with Crippen LogP contribution < -0.4 is 5.32 Å². The molecule has 0 radical (unpaired) electrons. The summed E-state index contributed by atoms with van der Waals surface area (Å²) in [6.07, 6.45) is 8.47. The Morgan fingerprint density at radius 3 is 2.57 bits per heavy atom. The minimum absolute atomic E-state index is 0.776. The molecule has 3 rings (SSSR count). The summed E-state index contributed by atoms with van der Waals surface area (Å²) in [5, 5.41) is 3.55. The van der Waals surface area contributed by atoms with Crippen LogP contribution in [0, 0.1) is 13.8 Å². The molecule has 0 bridgehead atoms. The molecule has 0 aromatic carbocycles. The zero-order valence-corrected chi connectivity index (χ0v) is 12.8. The summed E-state index contributed by atoms with van der Waals surface area (Å²) in [7, 11) is 0. The molecule has 1 saturated carbocycles. The second kappa shape index (κ2) is 6.31. The number of hydrogen-bond donors (Lipinski definition) is 1. The topological polar surface area (TPSA) is 50.7 Å². The van der Waals surface area contributed by atoms with Gasteiger partial charge in [0.25, 0.3) is 0 Å². The van der Waals surface area contributed by atoms with E-state index in [0.29, 0.717) is 0 Å². The van der Waals surface area contributed by atoms with Crippen molar-refractivity contribution in [2.75, 3.05) is 6.54 Å². The van der Waals surface area contributed by atoms with Crippen molar-refractivity contribution in [3.63, 3.8) is 0 Å². The quantitative estimate of drug-likeness (QED) is 0.828. The molecule has 1 aliphatic rings. The Morgan fingerprint density at radius 1 is 1.19 bits per heavy atom. The van der Waals surface area contributed by atoms with E-state index >= 15 is 0 Å². The van der Waals surface area contributed by atoms with E-state index in [1.54, 1.807) is 6.20 Å². The van der Waals surface area contributed by atoms with Gasteiger partial charge in [-0.25, -0.2) is 9.97 Å². The van der Waals surface area contributed by atoms with Crippen LogP contribution in [0.4, 0.5) is 0 Å². The molecule has 4 nitrogen and oxygen atoms in total. The van der Waals surface area contributed by atoms with E-state index in [9.17, 15) is 0 Å². The third-order valence-corrected chi connectivity index (χ3v) is 3.95. The first-order valence-electron chi connectivity index (χ1n) is 7.72. The highest BCUT2D eigenvalue weighted by Gasteiger charge is 2.19. The lowest BCUT2D eigenvalue weighted by Gasteiger charge is -2.11. The molecule has 0 saturated heterocycles. The minimum Gasteiger partial charge on any atom is -0.314 e. The molecule has 110 valence electrons. The molecule has 1 fully saturated rings. The van der Waals surface area contributed by atoms with Gasteiger partial charge in [0.2, 0.25) is 0 Å². The molecular weight excluding hydrogens is 260 g/mol. The Morgan fingerprint density at radius 2 is 1.95 bits per heavy atom. The molecule has 0 amide bonds. The molecule has 4 heteroatoms. The predicted octanol–water partition coefficient (Wildman–Crippen LogP) is 2.84. The number of nitrogens with zero attached hydrogens (tertiary/aromatic N) is 3. The normalized spacial score (nSPS) is 14.4. The monoisotopic (exact) mass is 282 g/mol. The third-order valence-electron chi connectivity index (χ3n) is 3.95. The highest BCUT2D eigenvalue weighted by Crippen LogP contribution is 2.20. The van der Waals surface area contributed by atoms with Gasteiger partial charge in [-0.05, 0) is 63.8 Å². The largest absolute Gasteiger partial charge is 0.314 e. The minimum atomic E-state index is 0.776. The lowest BCUT2D eigenvalue weighted by Crippen LogP contribution is -2.18. The number of nitrogens with one attached hydrogen (secondary N) is 1. The van der Waals surface area contributed by atoms with Gasteiger partial charge in [0, 0.05) is 35.4 Å². The van der Waals surface area contributed by atoms with E-state index < -0.39 is 0 Å². The summed E-state index contributed by atoms with van der Waals surface area (Å²) in [5.74, 6) is 0.776. The van der Waals surface area contributed by atoms with E-state index in [4.69, 9.17) is 0 Å². The smallest absolute Gasteiger partial charge is 0.161 e. The van der Waals surface area contributed by atoms with Crippen LogP contribution in [0.15, 0.2) is 24.5 Å². The van der Waals surface area contributed by atoms with Crippen LogP contribution in [-0.4, -0.2) is 27.5 Å². The van der Waals surface area contributed by atoms with Gasteiger partial charge in [0.1, 0.15) is 0 Å². The van der Waals surface area contributed by atoms with E-state index in [1.807, 2.05) is 18.3 Å². The Balaban J connectivity index is 1.70. The fourth-order valence-electron chi connectivity index (χ4n) is 2.58. The molecule has 2 heterocycles. The maximum absolute atomic E-state index is 4.66. The Labute approximate surface area is 126 Å². The molecule has 2 aromatic rings. The summed E-state index contributed by atoms with van der Waals surface area (Å²) < 4.78 is 0. The van der Waals surface area contributed by atoms with Gasteiger partial charge in [-0.3, -0.25) is 4.98 Å². The van der Waals surface area contributed by atoms with E-state index in [0.717, 1.165) is 48.2 Å². The Bertz CT molecular complexity index is 582. The highest BCUT2D eigenvalue weighted by molar-refractivity contribution is 5.54. The highest BCUT2D eigenvalue weighted by atomic mass is 14.9. The zero-order chi connectivity index (χ0) is 14.7. The summed E-state index contributed by atoms with van der Waals surface area (Å²) in [6.45, 7) is 5.25. The van der Waals surface area contributed by atoms with Crippen molar-refractivity contribution in [2.24, 2.45) is 0 Å². The number of hydrogen-bond acceptors (Lipinski definition) is 4. The van der Waals surface area contributed by atoms with Crippen molar-refractivity contribution in [3.8, 4) is 11.4 Å². The maximum atomic E-state index is 4.66. The van der Waals surface area contributed by atoms with Gasteiger partial charge in [-0.2, -0.15) is 0 Å².